The summed E-state index contributed by atoms with van der Waals surface area (Å²) in [4.78, 5) is 29.8. The molecule has 116 valence electrons. The predicted octanol–water partition coefficient (Wildman–Crippen LogP) is 0.813. The molecule has 8 nitrogen and oxygen atoms in total. The van der Waals surface area contributed by atoms with Crippen molar-refractivity contribution in [3.63, 3.8) is 0 Å². The second-order valence-corrected chi connectivity index (χ2v) is 4.82. The quantitative estimate of drug-likeness (QED) is 0.848. The largest absolute Gasteiger partial charge is 0.362 e. The molecule has 22 heavy (non-hydrogen) atoms. The van der Waals surface area contributed by atoms with E-state index >= 15 is 0 Å². The molecule has 0 aromatic carbocycles. The van der Waals surface area contributed by atoms with Crippen molar-refractivity contribution >= 4 is 23.5 Å². The first-order valence-electron chi connectivity index (χ1n) is 6.61. The molecule has 2 amide bonds. The van der Waals surface area contributed by atoms with Crippen LogP contribution in [-0.2, 0) is 4.79 Å². The molecule has 0 fully saturated rings. The summed E-state index contributed by atoms with van der Waals surface area (Å²) < 4.78 is 4.84. The zero-order valence-electron chi connectivity index (χ0n) is 12.6. The van der Waals surface area contributed by atoms with E-state index in [0.717, 1.165) is 0 Å². The van der Waals surface area contributed by atoms with Gasteiger partial charge in [-0.2, -0.15) is 0 Å². The molecule has 2 heterocycles. The maximum atomic E-state index is 12.1. The number of nitrogens with zero attached hydrogens (tertiary/aromatic N) is 3. The normalized spacial score (nSPS) is 10.1. The molecule has 2 rings (SSSR count). The van der Waals surface area contributed by atoms with Crippen LogP contribution in [0.2, 0.25) is 0 Å². The highest BCUT2D eigenvalue weighted by atomic mass is 16.5. The first-order chi connectivity index (χ1) is 10.5. The summed E-state index contributed by atoms with van der Waals surface area (Å²) in [5.74, 6) is 0.671. The second kappa shape index (κ2) is 6.70. The lowest BCUT2D eigenvalue weighted by molar-refractivity contribution is -0.115. The fourth-order valence-electron chi connectivity index (χ4n) is 1.80. The predicted molar refractivity (Wildman–Crippen MR) is 80.8 cm³/mol. The van der Waals surface area contributed by atoms with Gasteiger partial charge in [-0.05, 0) is 19.1 Å². The molecule has 0 aliphatic rings. The third kappa shape index (κ3) is 3.81. The van der Waals surface area contributed by atoms with Crippen LogP contribution in [0, 0.1) is 6.92 Å². The standard InChI is InChI=1S/C14H17N5O3/c1-9-7-11(18-22-9)17-12(20)8-16-14(21)10-5-4-6-15-13(10)19(2)3/h4-7H,8H2,1-3H3,(H,16,21)(H,17,18,20). The van der Waals surface area contributed by atoms with E-state index in [0.29, 0.717) is 23.0 Å². The fourth-order valence-corrected chi connectivity index (χ4v) is 1.80. The summed E-state index contributed by atoms with van der Waals surface area (Å²) in [6, 6.07) is 4.90. The third-order valence-electron chi connectivity index (χ3n) is 2.76. The zero-order valence-corrected chi connectivity index (χ0v) is 12.6. The van der Waals surface area contributed by atoms with Crippen LogP contribution >= 0.6 is 0 Å². The van der Waals surface area contributed by atoms with E-state index in [1.165, 1.54) is 0 Å². The number of hydrogen-bond acceptors (Lipinski definition) is 6. The molecular formula is C14H17N5O3. The number of anilines is 2. The Hall–Kier alpha value is -2.90. The van der Waals surface area contributed by atoms with Crippen molar-refractivity contribution in [1.82, 2.24) is 15.5 Å². The van der Waals surface area contributed by atoms with E-state index in [-0.39, 0.29) is 12.5 Å². The molecule has 2 aromatic rings. The molecule has 2 aromatic heterocycles. The Bertz CT molecular complexity index is 681. The first kappa shape index (κ1) is 15.5. The van der Waals surface area contributed by atoms with Crippen LogP contribution in [0.3, 0.4) is 0 Å². The third-order valence-corrected chi connectivity index (χ3v) is 2.76. The van der Waals surface area contributed by atoms with Crippen LogP contribution in [-0.4, -0.2) is 42.6 Å². The van der Waals surface area contributed by atoms with Crippen molar-refractivity contribution in [2.45, 2.75) is 6.92 Å². The molecule has 0 spiro atoms. The summed E-state index contributed by atoms with van der Waals surface area (Å²) in [5, 5.41) is 8.71. The molecule has 0 radical (unpaired) electrons. The molecule has 0 saturated heterocycles. The van der Waals surface area contributed by atoms with Crippen LogP contribution in [0.15, 0.2) is 28.9 Å². The molecule has 0 aliphatic heterocycles. The monoisotopic (exact) mass is 303 g/mol. The lowest BCUT2D eigenvalue weighted by atomic mass is 10.2. The van der Waals surface area contributed by atoms with E-state index in [2.05, 4.69) is 20.8 Å². The Morgan fingerprint density at radius 3 is 2.77 bits per heavy atom. The average Bonchev–Trinajstić information content (AvgIpc) is 2.89. The molecule has 2 N–H and O–H groups in total. The first-order valence-corrected chi connectivity index (χ1v) is 6.61. The van der Waals surface area contributed by atoms with Crippen LogP contribution in [0.4, 0.5) is 11.6 Å². The van der Waals surface area contributed by atoms with Crippen LogP contribution in [0.25, 0.3) is 0 Å². The molecule has 0 saturated carbocycles. The Kier molecular flexibility index (Phi) is 4.72. The molecule has 8 heteroatoms. The summed E-state index contributed by atoms with van der Waals surface area (Å²) in [5.41, 5.74) is 0.401. The van der Waals surface area contributed by atoms with Gasteiger partial charge in [0, 0.05) is 26.4 Å². The number of carbonyl (C=O) groups excluding carboxylic acids is 2. The van der Waals surface area contributed by atoms with Gasteiger partial charge in [-0.25, -0.2) is 4.98 Å². The number of amides is 2. The topological polar surface area (TPSA) is 100 Å². The zero-order chi connectivity index (χ0) is 16.1. The van der Waals surface area contributed by atoms with Gasteiger partial charge < -0.3 is 20.1 Å². The van der Waals surface area contributed by atoms with Crippen molar-refractivity contribution < 1.29 is 14.1 Å². The SMILES string of the molecule is Cc1cc(NC(=O)CNC(=O)c2cccnc2N(C)C)no1. The summed E-state index contributed by atoms with van der Waals surface area (Å²) in [6.45, 7) is 1.54. The highest BCUT2D eigenvalue weighted by molar-refractivity contribution is 6.01. The minimum atomic E-state index is -0.392. The van der Waals surface area contributed by atoms with Gasteiger partial charge in [-0.1, -0.05) is 5.16 Å². The smallest absolute Gasteiger partial charge is 0.255 e. The van der Waals surface area contributed by atoms with E-state index in [1.54, 1.807) is 50.3 Å². The highest BCUT2D eigenvalue weighted by Gasteiger charge is 2.15. The van der Waals surface area contributed by atoms with Gasteiger partial charge in [0.2, 0.25) is 5.91 Å². The van der Waals surface area contributed by atoms with Gasteiger partial charge in [0.1, 0.15) is 11.6 Å². The molecular weight excluding hydrogens is 286 g/mol. The van der Waals surface area contributed by atoms with Crippen molar-refractivity contribution in [1.29, 1.82) is 0 Å². The molecule has 0 atom stereocenters. The maximum Gasteiger partial charge on any atom is 0.255 e. The van der Waals surface area contributed by atoms with Crippen molar-refractivity contribution in [3.05, 3.63) is 35.7 Å². The minimum Gasteiger partial charge on any atom is -0.362 e. The summed E-state index contributed by atoms with van der Waals surface area (Å²) >= 11 is 0. The number of aromatic nitrogens is 2. The molecule has 0 aliphatic carbocycles. The maximum absolute atomic E-state index is 12.1. The Morgan fingerprint density at radius 2 is 2.14 bits per heavy atom. The number of hydrogen-bond donors (Lipinski definition) is 2. The summed E-state index contributed by atoms with van der Waals surface area (Å²) in [7, 11) is 3.58. The lowest BCUT2D eigenvalue weighted by Crippen LogP contribution is -2.33. The highest BCUT2D eigenvalue weighted by Crippen LogP contribution is 2.13. The van der Waals surface area contributed by atoms with Crippen LogP contribution in [0.1, 0.15) is 16.1 Å². The fraction of sp³-hybridized carbons (Fsp3) is 0.286. The van der Waals surface area contributed by atoms with Gasteiger partial charge in [0.05, 0.1) is 12.1 Å². The van der Waals surface area contributed by atoms with Gasteiger partial charge in [-0.3, -0.25) is 9.59 Å². The average molecular weight is 303 g/mol. The van der Waals surface area contributed by atoms with Crippen molar-refractivity contribution in [2.24, 2.45) is 0 Å². The Morgan fingerprint density at radius 1 is 1.36 bits per heavy atom. The summed E-state index contributed by atoms with van der Waals surface area (Å²) in [6.07, 6.45) is 1.60. The molecule has 0 bridgehead atoms. The van der Waals surface area contributed by atoms with E-state index in [1.807, 2.05) is 0 Å². The van der Waals surface area contributed by atoms with Gasteiger partial charge in [0.25, 0.3) is 5.91 Å². The van der Waals surface area contributed by atoms with Gasteiger partial charge in [0.15, 0.2) is 5.82 Å². The van der Waals surface area contributed by atoms with E-state index in [4.69, 9.17) is 4.52 Å². The van der Waals surface area contributed by atoms with Crippen LogP contribution < -0.4 is 15.5 Å². The number of rotatable bonds is 5. The van der Waals surface area contributed by atoms with Crippen molar-refractivity contribution in [2.75, 3.05) is 30.9 Å². The van der Waals surface area contributed by atoms with Crippen LogP contribution in [0.5, 0.6) is 0 Å². The number of carbonyl (C=O) groups is 2. The second-order valence-electron chi connectivity index (χ2n) is 4.82. The van der Waals surface area contributed by atoms with Gasteiger partial charge >= 0.3 is 0 Å². The number of nitrogens with one attached hydrogen (secondary N) is 2. The molecule has 0 unspecified atom stereocenters. The van der Waals surface area contributed by atoms with Gasteiger partial charge in [-0.15, -0.1) is 0 Å². The van der Waals surface area contributed by atoms with E-state index < -0.39 is 5.91 Å². The Labute approximate surface area is 127 Å². The Balaban J connectivity index is 1.94. The minimum absolute atomic E-state index is 0.174. The van der Waals surface area contributed by atoms with E-state index in [9.17, 15) is 9.59 Å². The number of aryl methyl sites for hydroxylation is 1. The lowest BCUT2D eigenvalue weighted by Gasteiger charge is -2.15. The van der Waals surface area contributed by atoms with Crippen molar-refractivity contribution in [3.8, 4) is 0 Å². The number of pyridine rings is 1.